The molecule has 3 aromatic carbocycles. The number of rotatable bonds is 4. The van der Waals surface area contributed by atoms with Gasteiger partial charge in [0.15, 0.2) is 0 Å². The van der Waals surface area contributed by atoms with Gasteiger partial charge in [0, 0.05) is 46.0 Å². The largest absolute Gasteiger partial charge is 0.507 e. The highest BCUT2D eigenvalue weighted by Gasteiger charge is 2.47. The third-order valence-electron chi connectivity index (χ3n) is 6.14. The smallest absolute Gasteiger partial charge is 0.300 e. The number of aliphatic hydroxyl groups is 1. The zero-order valence-corrected chi connectivity index (χ0v) is 19.3. The molecule has 0 radical (unpaired) electrons. The maximum atomic E-state index is 13.4. The van der Waals surface area contributed by atoms with Gasteiger partial charge in [0.2, 0.25) is 0 Å². The van der Waals surface area contributed by atoms with E-state index in [9.17, 15) is 14.7 Å². The Balaban J connectivity index is 1.77. The first-order chi connectivity index (χ1) is 16.4. The van der Waals surface area contributed by atoms with Crippen LogP contribution in [0.25, 0.3) is 16.7 Å². The van der Waals surface area contributed by atoms with Crippen LogP contribution in [0.15, 0.2) is 84.6 Å². The summed E-state index contributed by atoms with van der Waals surface area (Å²) in [6.45, 7) is 0. The fourth-order valence-electron chi connectivity index (χ4n) is 4.49. The number of methoxy groups -OCH3 is 1. The number of aliphatic hydroxyl groups excluding tert-OH is 1. The van der Waals surface area contributed by atoms with Gasteiger partial charge in [-0.25, -0.2) is 0 Å². The molecule has 1 saturated heterocycles. The van der Waals surface area contributed by atoms with E-state index in [1.165, 1.54) is 4.90 Å². The second-order valence-electron chi connectivity index (χ2n) is 8.09. The van der Waals surface area contributed by atoms with Crippen molar-refractivity contribution in [3.63, 3.8) is 0 Å². The molecule has 1 atom stereocenters. The fourth-order valence-corrected chi connectivity index (χ4v) is 4.62. The highest BCUT2D eigenvalue weighted by Crippen LogP contribution is 2.44. The second-order valence-corrected chi connectivity index (χ2v) is 8.52. The number of nitrogens with zero attached hydrogens (tertiary/aromatic N) is 2. The van der Waals surface area contributed by atoms with Crippen molar-refractivity contribution in [1.29, 1.82) is 0 Å². The van der Waals surface area contributed by atoms with E-state index in [1.807, 2.05) is 42.1 Å². The van der Waals surface area contributed by atoms with Crippen LogP contribution in [-0.2, 0) is 16.6 Å². The molecule has 1 aliphatic rings. The van der Waals surface area contributed by atoms with Crippen LogP contribution in [0, 0.1) is 0 Å². The second kappa shape index (κ2) is 8.39. The average Bonchev–Trinajstić information content (AvgIpc) is 3.33. The molecule has 1 aliphatic heterocycles. The summed E-state index contributed by atoms with van der Waals surface area (Å²) >= 11 is 6.07. The van der Waals surface area contributed by atoms with E-state index >= 15 is 0 Å². The lowest BCUT2D eigenvalue weighted by molar-refractivity contribution is -0.132. The van der Waals surface area contributed by atoms with E-state index in [0.717, 1.165) is 16.5 Å². The summed E-state index contributed by atoms with van der Waals surface area (Å²) in [5.41, 5.74) is 2.64. The number of ketones is 1. The number of para-hydroxylation sites is 1. The van der Waals surface area contributed by atoms with Gasteiger partial charge in [-0.3, -0.25) is 14.5 Å². The Morgan fingerprint density at radius 1 is 0.971 bits per heavy atom. The van der Waals surface area contributed by atoms with Crippen LogP contribution in [0.1, 0.15) is 17.2 Å². The van der Waals surface area contributed by atoms with E-state index in [4.69, 9.17) is 16.3 Å². The van der Waals surface area contributed by atoms with Crippen LogP contribution in [-0.4, -0.2) is 28.5 Å². The molecule has 34 heavy (non-hydrogen) atoms. The molecule has 1 fully saturated rings. The molecular formula is C27H21ClN2O4. The average molecular weight is 473 g/mol. The summed E-state index contributed by atoms with van der Waals surface area (Å²) in [4.78, 5) is 28.1. The van der Waals surface area contributed by atoms with Crippen LogP contribution in [0.3, 0.4) is 0 Å². The maximum absolute atomic E-state index is 13.4. The number of fused-ring (bicyclic) bond motifs is 1. The number of Topliss-reactive ketones (excluding diaryl/α,β-unsaturated/α-hetero) is 1. The Morgan fingerprint density at radius 3 is 2.32 bits per heavy atom. The van der Waals surface area contributed by atoms with Crippen molar-refractivity contribution in [2.24, 2.45) is 7.05 Å². The fraction of sp³-hybridized carbons (Fsp3) is 0.111. The lowest BCUT2D eigenvalue weighted by Gasteiger charge is -2.25. The third-order valence-corrected chi connectivity index (χ3v) is 6.39. The quantitative estimate of drug-likeness (QED) is 0.243. The summed E-state index contributed by atoms with van der Waals surface area (Å²) in [6, 6.07) is 20.3. The van der Waals surface area contributed by atoms with Gasteiger partial charge in [0.25, 0.3) is 11.7 Å². The van der Waals surface area contributed by atoms with Gasteiger partial charge in [-0.1, -0.05) is 29.8 Å². The summed E-state index contributed by atoms with van der Waals surface area (Å²) in [7, 11) is 3.46. The first-order valence-corrected chi connectivity index (χ1v) is 11.0. The summed E-state index contributed by atoms with van der Waals surface area (Å²) < 4.78 is 7.14. The van der Waals surface area contributed by atoms with Crippen molar-refractivity contribution in [1.82, 2.24) is 4.57 Å². The van der Waals surface area contributed by atoms with Gasteiger partial charge in [0.05, 0.1) is 18.7 Å². The van der Waals surface area contributed by atoms with Crippen molar-refractivity contribution in [3.05, 3.63) is 101 Å². The Kier molecular flexibility index (Phi) is 5.38. The first kappa shape index (κ1) is 21.8. The number of ether oxygens (including phenoxy) is 1. The number of carbonyl (C=O) groups is 2. The number of halogens is 1. The van der Waals surface area contributed by atoms with Gasteiger partial charge < -0.3 is 14.4 Å². The van der Waals surface area contributed by atoms with Crippen LogP contribution in [0.5, 0.6) is 5.75 Å². The van der Waals surface area contributed by atoms with E-state index in [1.54, 1.807) is 55.6 Å². The van der Waals surface area contributed by atoms with Crippen molar-refractivity contribution in [2.45, 2.75) is 6.04 Å². The normalized spacial score (nSPS) is 17.5. The van der Waals surface area contributed by atoms with Crippen molar-refractivity contribution in [3.8, 4) is 5.75 Å². The SMILES string of the molecule is COc1ccc(/C(O)=C2\C(=O)C(=O)N(c3ccc(Cl)cc3)C2c2cn(C)c3ccccc23)cc1. The molecule has 5 rings (SSSR count). The number of benzene rings is 3. The number of aromatic nitrogens is 1. The third kappa shape index (κ3) is 3.43. The molecule has 0 spiro atoms. The molecule has 1 amide bonds. The van der Waals surface area contributed by atoms with Crippen LogP contribution >= 0.6 is 11.6 Å². The van der Waals surface area contributed by atoms with Crippen LogP contribution in [0.4, 0.5) is 5.69 Å². The Hall–Kier alpha value is -4.03. The molecule has 1 N–H and O–H groups in total. The molecule has 2 heterocycles. The van der Waals surface area contributed by atoms with E-state index in [2.05, 4.69) is 0 Å². The van der Waals surface area contributed by atoms with Gasteiger partial charge in [-0.2, -0.15) is 0 Å². The van der Waals surface area contributed by atoms with E-state index in [0.29, 0.717) is 22.0 Å². The molecule has 1 unspecified atom stereocenters. The number of anilines is 1. The molecule has 0 aliphatic carbocycles. The highest BCUT2D eigenvalue weighted by molar-refractivity contribution is 6.52. The molecule has 6 nitrogen and oxygen atoms in total. The maximum Gasteiger partial charge on any atom is 0.300 e. The molecular weight excluding hydrogens is 452 g/mol. The summed E-state index contributed by atoms with van der Waals surface area (Å²) in [6.07, 6.45) is 1.89. The monoisotopic (exact) mass is 472 g/mol. The molecule has 170 valence electrons. The van der Waals surface area contributed by atoms with Crippen molar-refractivity contribution < 1.29 is 19.4 Å². The van der Waals surface area contributed by atoms with Crippen LogP contribution in [0.2, 0.25) is 5.02 Å². The summed E-state index contributed by atoms with van der Waals surface area (Å²) in [5.74, 6) is -1.09. The molecule has 0 saturated carbocycles. The van der Waals surface area contributed by atoms with Gasteiger partial charge in [-0.15, -0.1) is 0 Å². The minimum absolute atomic E-state index is 0.0291. The molecule has 7 heteroatoms. The number of carbonyl (C=O) groups excluding carboxylic acids is 2. The first-order valence-electron chi connectivity index (χ1n) is 10.7. The zero-order chi connectivity index (χ0) is 24.0. The number of amides is 1. The lowest BCUT2D eigenvalue weighted by Crippen LogP contribution is -2.29. The minimum atomic E-state index is -0.825. The predicted octanol–water partition coefficient (Wildman–Crippen LogP) is 5.47. The predicted molar refractivity (Wildman–Crippen MR) is 132 cm³/mol. The van der Waals surface area contributed by atoms with Gasteiger partial charge in [-0.05, 0) is 54.6 Å². The number of hydrogen-bond donors (Lipinski definition) is 1. The van der Waals surface area contributed by atoms with E-state index in [-0.39, 0.29) is 11.3 Å². The molecule has 4 aromatic rings. The number of aryl methyl sites for hydroxylation is 1. The van der Waals surface area contributed by atoms with Gasteiger partial charge >= 0.3 is 0 Å². The lowest BCUT2D eigenvalue weighted by atomic mass is 9.94. The van der Waals surface area contributed by atoms with E-state index < -0.39 is 17.7 Å². The Morgan fingerprint density at radius 2 is 1.65 bits per heavy atom. The Labute approximate surface area is 201 Å². The van der Waals surface area contributed by atoms with Crippen molar-refractivity contribution in [2.75, 3.05) is 12.0 Å². The van der Waals surface area contributed by atoms with Gasteiger partial charge in [0.1, 0.15) is 11.5 Å². The molecule has 0 bridgehead atoms. The molecule has 1 aromatic heterocycles. The topological polar surface area (TPSA) is 71.8 Å². The van der Waals surface area contributed by atoms with Crippen molar-refractivity contribution >= 4 is 45.6 Å². The summed E-state index contributed by atoms with van der Waals surface area (Å²) in [5, 5.41) is 12.7. The highest BCUT2D eigenvalue weighted by atomic mass is 35.5. The standard InChI is InChI=1S/C27H21ClN2O4/c1-29-15-21(20-5-3-4-6-22(20)29)24-23(25(31)16-7-13-19(34-2)14-8-16)26(32)27(33)30(24)18-11-9-17(28)10-12-18/h3-15,24,31H,1-2H3/b25-23+. The minimum Gasteiger partial charge on any atom is -0.507 e. The Bertz CT molecular complexity index is 1450. The number of hydrogen-bond acceptors (Lipinski definition) is 4. The zero-order valence-electron chi connectivity index (χ0n) is 18.5. The van der Waals surface area contributed by atoms with Crippen LogP contribution < -0.4 is 9.64 Å².